The highest BCUT2D eigenvalue weighted by Gasteiger charge is 2.15. The minimum absolute atomic E-state index is 0.0638. The maximum absolute atomic E-state index is 13.7. The van der Waals surface area contributed by atoms with Crippen molar-refractivity contribution < 1.29 is 19.0 Å². The molecule has 3 nitrogen and oxygen atoms in total. The van der Waals surface area contributed by atoms with Gasteiger partial charge in [0.25, 0.3) is 0 Å². The van der Waals surface area contributed by atoms with E-state index >= 15 is 0 Å². The molecule has 120 valence electrons. The summed E-state index contributed by atoms with van der Waals surface area (Å²) in [5.41, 5.74) is 0.804. The van der Waals surface area contributed by atoms with Crippen molar-refractivity contribution in [2.24, 2.45) is 0 Å². The summed E-state index contributed by atoms with van der Waals surface area (Å²) in [6.07, 6.45) is 0. The fraction of sp³-hybridized carbons (Fsp3) is 0.278. The van der Waals surface area contributed by atoms with Gasteiger partial charge in [-0.05, 0) is 29.8 Å². The molecule has 0 aliphatic carbocycles. The number of carbonyl (C=O) groups excluding carboxylic acids is 1. The van der Waals surface area contributed by atoms with Gasteiger partial charge in [0, 0.05) is 5.56 Å². The summed E-state index contributed by atoms with van der Waals surface area (Å²) in [6, 6.07) is 10.2. The van der Waals surface area contributed by atoms with Crippen LogP contribution in [0.5, 0.6) is 5.75 Å². The van der Waals surface area contributed by atoms with Gasteiger partial charge in [-0.2, -0.15) is 0 Å². The largest absolute Gasteiger partial charge is 0.508 e. The number of phenolic OH excluding ortho intramolecular Hbond substituents is 1. The molecule has 0 aromatic heterocycles. The minimum atomic E-state index is -0.548. The highest BCUT2D eigenvalue weighted by molar-refractivity contribution is 5.97. The highest BCUT2D eigenvalue weighted by atomic mass is 19.1. The van der Waals surface area contributed by atoms with Crippen molar-refractivity contribution in [2.45, 2.75) is 27.7 Å². The van der Waals surface area contributed by atoms with E-state index in [1.165, 1.54) is 19.2 Å². The lowest BCUT2D eigenvalue weighted by molar-refractivity contribution is 0.0601. The van der Waals surface area contributed by atoms with Crippen molar-refractivity contribution >= 4 is 5.97 Å². The molecule has 0 fully saturated rings. The summed E-state index contributed by atoms with van der Waals surface area (Å²) < 4.78 is 18.4. The van der Waals surface area contributed by atoms with Gasteiger partial charge in [-0.15, -0.1) is 0 Å². The zero-order valence-electron chi connectivity index (χ0n) is 13.7. The second kappa shape index (κ2) is 10.4. The van der Waals surface area contributed by atoms with Gasteiger partial charge in [-0.25, -0.2) is 9.18 Å². The normalized spacial score (nSPS) is 8.82. The summed E-state index contributed by atoms with van der Waals surface area (Å²) >= 11 is 0. The lowest BCUT2D eigenvalue weighted by Crippen LogP contribution is -2.03. The first-order valence-corrected chi connectivity index (χ1v) is 7.29. The lowest BCUT2D eigenvalue weighted by atomic mass is 9.99. The van der Waals surface area contributed by atoms with E-state index in [0.29, 0.717) is 5.56 Å². The summed E-state index contributed by atoms with van der Waals surface area (Å²) in [7, 11) is 1.26. The van der Waals surface area contributed by atoms with Gasteiger partial charge in [0.1, 0.15) is 11.6 Å². The molecule has 0 radical (unpaired) electrons. The molecule has 2 aromatic rings. The number of phenols is 1. The Morgan fingerprint density at radius 2 is 1.59 bits per heavy atom. The third-order valence-electron chi connectivity index (χ3n) is 2.57. The van der Waals surface area contributed by atoms with Crippen molar-refractivity contribution in [3.63, 3.8) is 0 Å². The number of ether oxygens (including phenoxy) is 1. The van der Waals surface area contributed by atoms with Gasteiger partial charge in [-0.1, -0.05) is 45.9 Å². The molecule has 0 aliphatic rings. The van der Waals surface area contributed by atoms with Crippen LogP contribution < -0.4 is 0 Å². The number of halogens is 1. The first kappa shape index (κ1) is 19.6. The Morgan fingerprint density at radius 1 is 1.00 bits per heavy atom. The fourth-order valence-corrected chi connectivity index (χ4v) is 1.73. The number of esters is 1. The SMILES string of the molecule is CC.CC.COC(=O)c1ccccc1-c1cc(O)ccc1F. The Morgan fingerprint density at radius 3 is 2.18 bits per heavy atom. The Kier molecular flexibility index (Phi) is 9.27. The maximum Gasteiger partial charge on any atom is 0.338 e. The summed E-state index contributed by atoms with van der Waals surface area (Å²) in [5.74, 6) is -1.12. The molecule has 0 heterocycles. The molecule has 0 bridgehead atoms. The van der Waals surface area contributed by atoms with E-state index < -0.39 is 11.8 Å². The number of rotatable bonds is 2. The Hall–Kier alpha value is -2.36. The van der Waals surface area contributed by atoms with Crippen LogP contribution in [-0.2, 0) is 4.74 Å². The molecule has 0 unspecified atom stereocenters. The highest BCUT2D eigenvalue weighted by Crippen LogP contribution is 2.29. The maximum atomic E-state index is 13.7. The third-order valence-corrected chi connectivity index (χ3v) is 2.57. The van der Waals surface area contributed by atoms with Crippen molar-refractivity contribution in [1.29, 1.82) is 0 Å². The van der Waals surface area contributed by atoms with E-state index in [1.807, 2.05) is 27.7 Å². The van der Waals surface area contributed by atoms with Gasteiger partial charge in [0.15, 0.2) is 0 Å². The fourth-order valence-electron chi connectivity index (χ4n) is 1.73. The topological polar surface area (TPSA) is 46.5 Å². The van der Waals surface area contributed by atoms with E-state index in [1.54, 1.807) is 24.3 Å². The average molecular weight is 306 g/mol. The van der Waals surface area contributed by atoms with Crippen molar-refractivity contribution in [2.75, 3.05) is 7.11 Å². The number of benzene rings is 2. The van der Waals surface area contributed by atoms with Crippen LogP contribution in [0, 0.1) is 5.82 Å². The zero-order valence-corrected chi connectivity index (χ0v) is 13.7. The van der Waals surface area contributed by atoms with Crippen molar-refractivity contribution in [3.8, 4) is 16.9 Å². The molecule has 0 aliphatic heterocycles. The Balaban J connectivity index is 0.00000102. The van der Waals surface area contributed by atoms with E-state index in [4.69, 9.17) is 0 Å². The van der Waals surface area contributed by atoms with Crippen LogP contribution in [-0.4, -0.2) is 18.2 Å². The van der Waals surface area contributed by atoms with Gasteiger partial charge >= 0.3 is 5.97 Å². The smallest absolute Gasteiger partial charge is 0.338 e. The van der Waals surface area contributed by atoms with Crippen molar-refractivity contribution in [3.05, 3.63) is 53.8 Å². The second-order valence-corrected chi connectivity index (χ2v) is 3.70. The number of hydrogen-bond donors (Lipinski definition) is 1. The molecule has 1 N–H and O–H groups in total. The second-order valence-electron chi connectivity index (χ2n) is 3.70. The standard InChI is InChI=1S/C14H11FO3.2C2H6/c1-18-14(17)11-5-3-2-4-10(11)12-8-9(16)6-7-13(12)15;2*1-2/h2-8,16H,1H3;2*1-2H3. The predicted molar refractivity (Wildman–Crippen MR) is 87.5 cm³/mol. The van der Waals surface area contributed by atoms with Crippen LogP contribution in [0.1, 0.15) is 38.1 Å². The molecule has 0 saturated carbocycles. The monoisotopic (exact) mass is 306 g/mol. The third kappa shape index (κ3) is 4.88. The predicted octanol–water partition coefficient (Wildman–Crippen LogP) is 5.04. The van der Waals surface area contributed by atoms with E-state index in [0.717, 1.165) is 6.07 Å². The Labute approximate surface area is 131 Å². The van der Waals surface area contributed by atoms with Crippen LogP contribution in [0.25, 0.3) is 11.1 Å². The average Bonchev–Trinajstić information content (AvgIpc) is 2.60. The van der Waals surface area contributed by atoms with Gasteiger partial charge in [0.2, 0.25) is 0 Å². The van der Waals surface area contributed by atoms with E-state index in [-0.39, 0.29) is 16.9 Å². The number of aromatic hydroxyl groups is 1. The molecule has 0 atom stereocenters. The van der Waals surface area contributed by atoms with Crippen LogP contribution in [0.2, 0.25) is 0 Å². The van der Waals surface area contributed by atoms with Crippen LogP contribution in [0.3, 0.4) is 0 Å². The van der Waals surface area contributed by atoms with Crippen LogP contribution in [0.4, 0.5) is 4.39 Å². The number of methoxy groups -OCH3 is 1. The molecular formula is C18H23FO3. The summed E-state index contributed by atoms with van der Waals surface area (Å²) in [6.45, 7) is 8.00. The van der Waals surface area contributed by atoms with Crippen molar-refractivity contribution in [1.82, 2.24) is 0 Å². The summed E-state index contributed by atoms with van der Waals surface area (Å²) in [5, 5.41) is 9.40. The van der Waals surface area contributed by atoms with E-state index in [9.17, 15) is 14.3 Å². The first-order chi connectivity index (χ1) is 10.6. The van der Waals surface area contributed by atoms with Gasteiger partial charge in [-0.3, -0.25) is 0 Å². The number of hydrogen-bond acceptors (Lipinski definition) is 3. The quantitative estimate of drug-likeness (QED) is 0.791. The molecule has 4 heteroatoms. The molecule has 0 spiro atoms. The lowest BCUT2D eigenvalue weighted by Gasteiger charge is -2.09. The number of carbonyl (C=O) groups is 1. The Bertz CT molecular complexity index is 595. The first-order valence-electron chi connectivity index (χ1n) is 7.29. The van der Waals surface area contributed by atoms with Gasteiger partial charge in [0.05, 0.1) is 12.7 Å². The molecule has 22 heavy (non-hydrogen) atoms. The molecule has 2 aromatic carbocycles. The van der Waals surface area contributed by atoms with Gasteiger partial charge < -0.3 is 9.84 Å². The molecule has 2 rings (SSSR count). The zero-order chi connectivity index (χ0) is 17.1. The minimum Gasteiger partial charge on any atom is -0.508 e. The molecule has 0 amide bonds. The van der Waals surface area contributed by atoms with Crippen LogP contribution in [0.15, 0.2) is 42.5 Å². The summed E-state index contributed by atoms with van der Waals surface area (Å²) in [4.78, 5) is 11.6. The van der Waals surface area contributed by atoms with Crippen LogP contribution >= 0.6 is 0 Å². The van der Waals surface area contributed by atoms with E-state index in [2.05, 4.69) is 4.74 Å². The molecular weight excluding hydrogens is 283 g/mol. The molecule has 0 saturated heterocycles.